The Morgan fingerprint density at radius 3 is 1.29 bits per heavy atom. The van der Waals surface area contributed by atoms with Crippen molar-refractivity contribution in [3.8, 4) is 5.75 Å². The number of hydrogen-bond donors (Lipinski definition) is 2. The lowest BCUT2D eigenvalue weighted by Gasteiger charge is -2.43. The van der Waals surface area contributed by atoms with Gasteiger partial charge in [-0.1, -0.05) is 12.1 Å². The first-order valence-corrected chi connectivity index (χ1v) is 24.1. The molecular formula is C54H65F4N5O5. The zero-order valence-electron chi connectivity index (χ0n) is 39.0. The number of amides is 2. The van der Waals surface area contributed by atoms with Gasteiger partial charge in [-0.3, -0.25) is 24.4 Å². The van der Waals surface area contributed by atoms with E-state index in [2.05, 4.69) is 39.0 Å². The molecule has 2 N–H and O–H groups in total. The molecule has 4 aliphatic rings. The van der Waals surface area contributed by atoms with Crippen LogP contribution < -0.4 is 4.74 Å². The van der Waals surface area contributed by atoms with Crippen LogP contribution in [0.2, 0.25) is 0 Å². The molecule has 3 aromatic carbocycles. The number of hydrogen-bond acceptors (Lipinski definition) is 8. The van der Waals surface area contributed by atoms with Gasteiger partial charge in [0.05, 0.1) is 20.3 Å². The van der Waals surface area contributed by atoms with Crippen molar-refractivity contribution >= 4 is 24.0 Å². The molecule has 0 spiro atoms. The average molecular weight is 940 g/mol. The summed E-state index contributed by atoms with van der Waals surface area (Å²) >= 11 is 0. The third-order valence-corrected chi connectivity index (χ3v) is 14.5. The van der Waals surface area contributed by atoms with Crippen LogP contribution in [0.15, 0.2) is 97.3 Å². The molecule has 1 aromatic heterocycles. The Labute approximate surface area is 397 Å². The van der Waals surface area contributed by atoms with E-state index in [-0.39, 0.29) is 37.1 Å². The Bertz CT molecular complexity index is 2250. The third-order valence-electron chi connectivity index (χ3n) is 14.5. The molecule has 0 bridgehead atoms. The molecule has 14 heteroatoms. The summed E-state index contributed by atoms with van der Waals surface area (Å²) in [7, 11) is 1.68. The molecule has 4 fully saturated rings. The normalized spacial score (nSPS) is 19.5. The number of ether oxygens (including phenoxy) is 1. The van der Waals surface area contributed by atoms with Gasteiger partial charge in [-0.05, 0) is 184 Å². The number of carbonyl (C=O) groups excluding carboxylic acids is 2. The first kappa shape index (κ1) is 50.5. The van der Waals surface area contributed by atoms with Crippen molar-refractivity contribution in [1.82, 2.24) is 24.6 Å². The van der Waals surface area contributed by atoms with Gasteiger partial charge in [0.2, 0.25) is 11.8 Å². The quantitative estimate of drug-likeness (QED) is 0.102. The highest BCUT2D eigenvalue weighted by molar-refractivity contribution is 5.92. The summed E-state index contributed by atoms with van der Waals surface area (Å²) in [5.41, 5.74) is 3.33. The molecule has 0 saturated carbocycles. The van der Waals surface area contributed by atoms with E-state index < -0.39 is 23.3 Å². The maximum absolute atomic E-state index is 13.4. The van der Waals surface area contributed by atoms with Gasteiger partial charge in [0, 0.05) is 74.9 Å². The molecule has 5 heterocycles. The van der Waals surface area contributed by atoms with Crippen LogP contribution in [0.25, 0.3) is 12.2 Å². The molecule has 0 aliphatic carbocycles. The molecule has 364 valence electrons. The number of rotatable bonds is 13. The van der Waals surface area contributed by atoms with Crippen molar-refractivity contribution in [1.29, 1.82) is 0 Å². The number of aromatic nitrogens is 1. The number of nitrogens with zero attached hydrogens (tertiary/aromatic N) is 5. The summed E-state index contributed by atoms with van der Waals surface area (Å²) in [6.45, 7) is 6.55. The molecule has 2 amide bonds. The molecule has 4 aliphatic heterocycles. The lowest BCUT2D eigenvalue weighted by molar-refractivity contribution is -0.128. The fourth-order valence-corrected chi connectivity index (χ4v) is 10.7. The minimum absolute atomic E-state index is 0.106. The predicted octanol–water partition coefficient (Wildman–Crippen LogP) is 8.32. The summed E-state index contributed by atoms with van der Waals surface area (Å²) < 4.78 is 58.6. The van der Waals surface area contributed by atoms with Crippen molar-refractivity contribution in [3.63, 3.8) is 0 Å². The first-order chi connectivity index (χ1) is 33.0. The van der Waals surface area contributed by atoms with Gasteiger partial charge in [-0.25, -0.2) is 17.6 Å². The number of piperidine rings is 4. The van der Waals surface area contributed by atoms with E-state index in [4.69, 9.17) is 4.74 Å². The largest absolute Gasteiger partial charge is 0.497 e. The fraction of sp³-hybridized carbons (Fsp3) is 0.463. The van der Waals surface area contributed by atoms with Crippen molar-refractivity contribution in [2.75, 3.05) is 72.7 Å². The van der Waals surface area contributed by atoms with E-state index in [1.54, 1.807) is 16.9 Å². The van der Waals surface area contributed by atoms with Crippen LogP contribution >= 0.6 is 0 Å². The summed E-state index contributed by atoms with van der Waals surface area (Å²) in [6, 6.07) is 19.1. The summed E-state index contributed by atoms with van der Waals surface area (Å²) in [4.78, 5) is 37.6. The highest BCUT2D eigenvalue weighted by atomic mass is 19.1. The Hall–Kier alpha value is -5.41. The Balaban J connectivity index is 0.000000202. The molecule has 10 nitrogen and oxygen atoms in total. The second-order valence-corrected chi connectivity index (χ2v) is 18.6. The number of aliphatic hydroxyl groups excluding tert-OH is 2. The summed E-state index contributed by atoms with van der Waals surface area (Å²) in [5.74, 6) is -0.357. The average Bonchev–Trinajstić information content (AvgIpc) is 3.36. The number of benzene rings is 3. The number of pyridine rings is 1. The smallest absolute Gasteiger partial charge is 0.246 e. The second-order valence-electron chi connectivity index (χ2n) is 18.6. The summed E-state index contributed by atoms with van der Waals surface area (Å²) in [6.07, 6.45) is 16.9. The van der Waals surface area contributed by atoms with Crippen LogP contribution in [0, 0.1) is 35.1 Å². The summed E-state index contributed by atoms with van der Waals surface area (Å²) in [5, 5.41) is 20.3. The van der Waals surface area contributed by atoms with Crippen LogP contribution in [0.5, 0.6) is 5.75 Å². The van der Waals surface area contributed by atoms with Crippen LogP contribution in [-0.2, 0) is 9.59 Å². The topological polar surface area (TPSA) is 110 Å². The Kier molecular flexibility index (Phi) is 18.4. The van der Waals surface area contributed by atoms with Gasteiger partial charge >= 0.3 is 0 Å². The highest BCUT2D eigenvalue weighted by Gasteiger charge is 2.35. The molecule has 8 rings (SSSR count). The molecule has 4 aromatic rings. The maximum atomic E-state index is 13.4. The minimum atomic E-state index is -0.666. The van der Waals surface area contributed by atoms with Crippen molar-refractivity contribution in [3.05, 3.63) is 143 Å². The van der Waals surface area contributed by atoms with Crippen molar-refractivity contribution in [2.45, 2.75) is 75.3 Å². The lowest BCUT2D eigenvalue weighted by Crippen LogP contribution is -2.50. The molecular weight excluding hydrogens is 875 g/mol. The number of aliphatic hydroxyl groups is 2. The number of halogens is 4. The van der Waals surface area contributed by atoms with Crippen LogP contribution in [0.3, 0.4) is 0 Å². The van der Waals surface area contributed by atoms with E-state index in [0.29, 0.717) is 61.0 Å². The first-order valence-electron chi connectivity index (χ1n) is 24.1. The van der Waals surface area contributed by atoms with Gasteiger partial charge in [-0.15, -0.1) is 0 Å². The van der Waals surface area contributed by atoms with Crippen LogP contribution in [0.4, 0.5) is 17.6 Å². The van der Waals surface area contributed by atoms with Crippen molar-refractivity contribution in [2.24, 2.45) is 11.8 Å². The monoisotopic (exact) mass is 939 g/mol. The highest BCUT2D eigenvalue weighted by Crippen LogP contribution is 2.34. The van der Waals surface area contributed by atoms with E-state index in [9.17, 15) is 37.4 Å². The van der Waals surface area contributed by atoms with E-state index in [1.807, 2.05) is 24.5 Å². The van der Waals surface area contributed by atoms with E-state index in [1.165, 1.54) is 59.7 Å². The number of likely N-dealkylation sites (tertiary alicyclic amines) is 4. The molecule has 2 atom stereocenters. The van der Waals surface area contributed by atoms with Gasteiger partial charge in [-0.2, -0.15) is 0 Å². The third kappa shape index (κ3) is 13.9. The number of carbonyl (C=O) groups is 2. The molecule has 1 unspecified atom stereocenters. The number of methoxy groups -OCH3 is 1. The van der Waals surface area contributed by atoms with E-state index in [0.717, 1.165) is 95.4 Å². The SMILES string of the molecule is COc1ccc(C2CCN([C@@H](CO)C3CCN(C(=O)/C=C/c4cc(F)cc(F)c4)CC3)CC2)cc1.O=C(/C=C/c1cc(F)cc(F)c1)N1CCC(C(CO)N2CCC(c3ccncc3)CC2)CC1. The van der Waals surface area contributed by atoms with Crippen molar-refractivity contribution < 1.29 is 42.1 Å². The van der Waals surface area contributed by atoms with E-state index >= 15 is 0 Å². The standard InChI is InChI=1S/C28H34F2N2O3.C26H31F2N3O2/c1-35-26-5-3-21(4-6-26)22-8-12-31(13-9-22)27(19-33)23-10-14-32(15-11-23)28(34)7-2-20-16-24(29)18-25(30)17-20;27-23-15-19(16-24(28)17-23)1-2-26(33)31-13-7-22(8-14-31)25(18-32)30-11-5-21(6-12-30)20-3-9-29-10-4-20/h2-7,16-18,22-23,27,33H,8-15,19H2,1H3;1-4,9-10,15-17,21-22,25,32H,5-8,11-14,18H2/b7-2+;2-1+/t27-;/m0./s1. The maximum Gasteiger partial charge on any atom is 0.246 e. The molecule has 68 heavy (non-hydrogen) atoms. The predicted molar refractivity (Wildman–Crippen MR) is 255 cm³/mol. The Morgan fingerprint density at radius 2 is 0.941 bits per heavy atom. The zero-order valence-corrected chi connectivity index (χ0v) is 39.0. The lowest BCUT2D eigenvalue weighted by atomic mass is 9.85. The molecule has 0 radical (unpaired) electrons. The van der Waals surface area contributed by atoms with Gasteiger partial charge in [0.15, 0.2) is 0 Å². The van der Waals surface area contributed by atoms with Crippen LogP contribution in [-0.4, -0.2) is 131 Å². The van der Waals surface area contributed by atoms with Gasteiger partial charge in [0.25, 0.3) is 0 Å². The van der Waals surface area contributed by atoms with Gasteiger partial charge in [0.1, 0.15) is 29.0 Å². The second kappa shape index (κ2) is 24.7. The fourth-order valence-electron chi connectivity index (χ4n) is 10.7. The minimum Gasteiger partial charge on any atom is -0.497 e. The van der Waals surface area contributed by atoms with Gasteiger partial charge < -0.3 is 24.7 Å². The molecule has 4 saturated heterocycles. The zero-order chi connectivity index (χ0) is 48.0. The Morgan fingerprint density at radius 1 is 0.574 bits per heavy atom. The van der Waals surface area contributed by atoms with Crippen LogP contribution in [0.1, 0.15) is 85.5 Å².